The highest BCUT2D eigenvalue weighted by Gasteiger charge is 2.13. The van der Waals surface area contributed by atoms with E-state index in [1.54, 1.807) is 13.0 Å². The van der Waals surface area contributed by atoms with E-state index in [4.69, 9.17) is 4.74 Å². The molecule has 2 aromatic carbocycles. The fourth-order valence-electron chi connectivity index (χ4n) is 1.91. The first-order valence-electron chi connectivity index (χ1n) is 6.97. The van der Waals surface area contributed by atoms with Gasteiger partial charge in [-0.05, 0) is 42.8 Å². The summed E-state index contributed by atoms with van der Waals surface area (Å²) in [6, 6.07) is 9.09. The van der Waals surface area contributed by atoms with E-state index in [2.05, 4.69) is 0 Å². The molecule has 0 saturated heterocycles. The summed E-state index contributed by atoms with van der Waals surface area (Å²) in [5.41, 5.74) is 0.347. The zero-order valence-corrected chi connectivity index (χ0v) is 13.6. The average Bonchev–Trinajstić information content (AvgIpc) is 2.56. The predicted molar refractivity (Wildman–Crippen MR) is 88.6 cm³/mol. The lowest BCUT2D eigenvalue weighted by molar-refractivity contribution is -0.384. The molecule has 0 amide bonds. The lowest BCUT2D eigenvalue weighted by Crippen LogP contribution is -1.97. The molecule has 1 N–H and O–H groups in total. The fraction of sp³-hybridized carbons (Fsp3) is 0.125. The molecule has 0 aliphatic heterocycles. The van der Waals surface area contributed by atoms with Crippen molar-refractivity contribution in [3.8, 4) is 11.5 Å². The van der Waals surface area contributed by atoms with E-state index < -0.39 is 14.8 Å². The minimum Gasteiger partial charge on any atom is -0.504 e. The Balaban J connectivity index is 2.26. The van der Waals surface area contributed by atoms with Crippen LogP contribution in [0.1, 0.15) is 12.5 Å². The monoisotopic (exact) mass is 349 g/mol. The Bertz CT molecular complexity index is 872. The number of ether oxygens (including phenoxy) is 1. The van der Waals surface area contributed by atoms with E-state index >= 15 is 0 Å². The summed E-state index contributed by atoms with van der Waals surface area (Å²) in [6.45, 7) is 2.13. The number of nitro benzene ring substituents is 1. The van der Waals surface area contributed by atoms with Crippen LogP contribution in [0.4, 0.5) is 5.69 Å². The molecule has 0 radical (unpaired) electrons. The number of benzene rings is 2. The molecule has 0 bridgehead atoms. The number of hydrogen-bond donors (Lipinski definition) is 1. The highest BCUT2D eigenvalue weighted by atomic mass is 32.2. The van der Waals surface area contributed by atoms with Crippen LogP contribution in [0.25, 0.3) is 6.08 Å². The van der Waals surface area contributed by atoms with Gasteiger partial charge in [-0.25, -0.2) is 8.42 Å². The Morgan fingerprint density at radius 1 is 1.21 bits per heavy atom. The number of nitro groups is 1. The summed E-state index contributed by atoms with van der Waals surface area (Å²) in [5.74, 6) is 0.222. The topological polar surface area (TPSA) is 107 Å². The van der Waals surface area contributed by atoms with E-state index in [1.807, 2.05) is 0 Å². The molecule has 0 unspecified atom stereocenters. The first-order chi connectivity index (χ1) is 11.3. The number of non-ortho nitro benzene ring substituents is 1. The van der Waals surface area contributed by atoms with E-state index in [-0.39, 0.29) is 22.1 Å². The maximum Gasteiger partial charge on any atom is 0.269 e. The van der Waals surface area contributed by atoms with Crippen molar-refractivity contribution in [1.82, 2.24) is 0 Å². The molecule has 2 rings (SSSR count). The fourth-order valence-corrected chi connectivity index (χ4v) is 2.92. The molecule has 2 aromatic rings. The Kier molecular flexibility index (Phi) is 5.20. The molecular formula is C16H15NO6S. The van der Waals surface area contributed by atoms with E-state index in [9.17, 15) is 23.6 Å². The second-order valence-corrected chi connectivity index (χ2v) is 6.59. The number of rotatable bonds is 6. The number of aromatic hydroxyl groups is 1. The standard InChI is InChI=1S/C16H15NO6S/c1-2-23-16-11-12(3-8-15(16)18)9-10-24(21,22)14-6-4-13(5-7-14)17(19)20/h3-11,18H,2H2,1H3. The van der Waals surface area contributed by atoms with Crippen molar-refractivity contribution in [2.45, 2.75) is 11.8 Å². The predicted octanol–water partition coefficient (Wildman–Crippen LogP) is 3.14. The Labute approximate surface area is 138 Å². The van der Waals surface area contributed by atoms with Gasteiger partial charge in [-0.3, -0.25) is 10.1 Å². The van der Waals surface area contributed by atoms with Gasteiger partial charge in [-0.1, -0.05) is 6.07 Å². The summed E-state index contributed by atoms with van der Waals surface area (Å²) in [5, 5.41) is 21.2. The summed E-state index contributed by atoms with van der Waals surface area (Å²) < 4.78 is 29.7. The quantitative estimate of drug-likeness (QED) is 0.634. The second-order valence-electron chi connectivity index (χ2n) is 4.76. The normalized spacial score (nSPS) is 11.5. The van der Waals surface area contributed by atoms with Crippen LogP contribution >= 0.6 is 0 Å². The van der Waals surface area contributed by atoms with Crippen LogP contribution in [0.2, 0.25) is 0 Å². The lowest BCUT2D eigenvalue weighted by atomic mass is 10.2. The van der Waals surface area contributed by atoms with Crippen molar-refractivity contribution < 1.29 is 23.2 Å². The van der Waals surface area contributed by atoms with Crippen molar-refractivity contribution in [2.24, 2.45) is 0 Å². The van der Waals surface area contributed by atoms with Crippen molar-refractivity contribution >= 4 is 21.6 Å². The summed E-state index contributed by atoms with van der Waals surface area (Å²) >= 11 is 0. The number of hydrogen-bond acceptors (Lipinski definition) is 6. The maximum atomic E-state index is 12.2. The lowest BCUT2D eigenvalue weighted by Gasteiger charge is -2.06. The molecule has 0 aliphatic rings. The van der Waals surface area contributed by atoms with Gasteiger partial charge in [-0.2, -0.15) is 0 Å². The minimum absolute atomic E-state index is 0.0350. The number of phenols is 1. The van der Waals surface area contributed by atoms with Crippen LogP contribution in [0.3, 0.4) is 0 Å². The molecule has 24 heavy (non-hydrogen) atoms. The van der Waals surface area contributed by atoms with Gasteiger partial charge in [0.1, 0.15) is 0 Å². The molecule has 0 fully saturated rings. The third kappa shape index (κ3) is 4.11. The first kappa shape index (κ1) is 17.5. The van der Waals surface area contributed by atoms with Crippen molar-refractivity contribution in [3.63, 3.8) is 0 Å². The summed E-state index contributed by atoms with van der Waals surface area (Å²) in [7, 11) is -3.74. The van der Waals surface area contributed by atoms with Crippen LogP contribution in [-0.4, -0.2) is 25.1 Å². The largest absolute Gasteiger partial charge is 0.504 e. The number of sulfone groups is 1. The minimum atomic E-state index is -3.74. The molecule has 0 atom stereocenters. The van der Waals surface area contributed by atoms with Gasteiger partial charge >= 0.3 is 0 Å². The van der Waals surface area contributed by atoms with Crippen molar-refractivity contribution in [1.29, 1.82) is 0 Å². The summed E-state index contributed by atoms with van der Waals surface area (Å²) in [6.07, 6.45) is 1.36. The van der Waals surface area contributed by atoms with Crippen molar-refractivity contribution in [2.75, 3.05) is 6.61 Å². The maximum absolute atomic E-state index is 12.2. The Hall–Kier alpha value is -2.87. The zero-order chi connectivity index (χ0) is 17.7. The molecule has 0 heterocycles. The third-order valence-corrected chi connectivity index (χ3v) is 4.52. The molecule has 7 nitrogen and oxygen atoms in total. The van der Waals surface area contributed by atoms with Crippen LogP contribution < -0.4 is 4.74 Å². The Morgan fingerprint density at radius 3 is 2.46 bits per heavy atom. The van der Waals surface area contributed by atoms with Gasteiger partial charge < -0.3 is 9.84 Å². The Morgan fingerprint density at radius 2 is 1.88 bits per heavy atom. The van der Waals surface area contributed by atoms with E-state index in [0.29, 0.717) is 12.2 Å². The van der Waals surface area contributed by atoms with Crippen LogP contribution in [-0.2, 0) is 9.84 Å². The molecule has 8 heteroatoms. The van der Waals surface area contributed by atoms with Crippen LogP contribution in [0.15, 0.2) is 52.8 Å². The number of nitrogens with zero attached hydrogens (tertiary/aromatic N) is 1. The second kappa shape index (κ2) is 7.14. The zero-order valence-electron chi connectivity index (χ0n) is 12.7. The highest BCUT2D eigenvalue weighted by molar-refractivity contribution is 7.94. The average molecular weight is 349 g/mol. The van der Waals surface area contributed by atoms with Gasteiger partial charge in [0.25, 0.3) is 5.69 Å². The smallest absolute Gasteiger partial charge is 0.269 e. The molecular weight excluding hydrogens is 334 g/mol. The number of phenolic OH excluding ortho intramolecular Hbond substituents is 1. The van der Waals surface area contributed by atoms with Gasteiger partial charge in [-0.15, -0.1) is 0 Å². The van der Waals surface area contributed by atoms with Gasteiger partial charge in [0.05, 0.1) is 16.4 Å². The summed E-state index contributed by atoms with van der Waals surface area (Å²) in [4.78, 5) is 9.95. The third-order valence-electron chi connectivity index (χ3n) is 3.10. The molecule has 0 spiro atoms. The van der Waals surface area contributed by atoms with Gasteiger partial charge in [0, 0.05) is 17.5 Å². The van der Waals surface area contributed by atoms with Crippen molar-refractivity contribution in [3.05, 3.63) is 63.6 Å². The molecule has 0 aromatic heterocycles. The van der Waals surface area contributed by atoms with E-state index in [0.717, 1.165) is 17.5 Å². The van der Waals surface area contributed by atoms with Crippen LogP contribution in [0, 0.1) is 10.1 Å². The SMILES string of the molecule is CCOc1cc(C=CS(=O)(=O)c2ccc([N+](=O)[O-])cc2)ccc1O. The highest BCUT2D eigenvalue weighted by Crippen LogP contribution is 2.27. The molecule has 126 valence electrons. The van der Waals surface area contributed by atoms with Gasteiger partial charge in [0.2, 0.25) is 0 Å². The van der Waals surface area contributed by atoms with Gasteiger partial charge in [0.15, 0.2) is 21.3 Å². The molecule has 0 saturated carbocycles. The molecule has 0 aliphatic carbocycles. The van der Waals surface area contributed by atoms with E-state index in [1.165, 1.54) is 30.3 Å². The first-order valence-corrected chi connectivity index (χ1v) is 8.51. The van der Waals surface area contributed by atoms with Crippen LogP contribution in [0.5, 0.6) is 11.5 Å².